The van der Waals surface area contributed by atoms with E-state index in [1.54, 1.807) is 30.3 Å². The van der Waals surface area contributed by atoms with Crippen molar-refractivity contribution in [1.29, 1.82) is 0 Å². The molecule has 0 aliphatic carbocycles. The summed E-state index contributed by atoms with van der Waals surface area (Å²) < 4.78 is 5.17. The molecule has 2 unspecified atom stereocenters. The van der Waals surface area contributed by atoms with Crippen molar-refractivity contribution in [2.75, 3.05) is 0 Å². The van der Waals surface area contributed by atoms with Crippen LogP contribution in [0.3, 0.4) is 0 Å². The molecule has 0 aliphatic rings. The van der Waals surface area contributed by atoms with Crippen LogP contribution in [0.25, 0.3) is 0 Å². The highest BCUT2D eigenvalue weighted by atomic mass is 16.5. The number of carbonyl (C=O) groups is 2. The zero-order valence-electron chi connectivity index (χ0n) is 12.8. The van der Waals surface area contributed by atoms with E-state index in [2.05, 4.69) is 5.32 Å². The van der Waals surface area contributed by atoms with Crippen LogP contribution < -0.4 is 5.32 Å². The van der Waals surface area contributed by atoms with Crippen LogP contribution in [0.15, 0.2) is 60.7 Å². The number of rotatable bonds is 6. The molecule has 23 heavy (non-hydrogen) atoms. The Morgan fingerprint density at radius 2 is 1.61 bits per heavy atom. The maximum Gasteiger partial charge on any atom is 0.331 e. The van der Waals surface area contributed by atoms with Crippen molar-refractivity contribution in [3.8, 4) is 0 Å². The smallest absolute Gasteiger partial charge is 0.331 e. The number of amides is 1. The molecule has 5 nitrogen and oxygen atoms in total. The molecule has 0 saturated heterocycles. The molecular weight excluding hydrogens is 294 g/mol. The van der Waals surface area contributed by atoms with Crippen LogP contribution in [0.1, 0.15) is 22.8 Å². The van der Waals surface area contributed by atoms with Gasteiger partial charge in [0.1, 0.15) is 6.61 Å². The molecule has 0 bridgehead atoms. The molecule has 2 rings (SSSR count). The van der Waals surface area contributed by atoms with Gasteiger partial charge in [-0.2, -0.15) is 0 Å². The number of hydrogen-bond acceptors (Lipinski definition) is 4. The van der Waals surface area contributed by atoms with E-state index in [0.717, 1.165) is 5.56 Å². The number of aliphatic hydroxyl groups is 1. The second kappa shape index (κ2) is 8.10. The van der Waals surface area contributed by atoms with Gasteiger partial charge in [0.2, 0.25) is 0 Å². The number of carbonyl (C=O) groups excluding carboxylic acids is 2. The fourth-order valence-electron chi connectivity index (χ4n) is 2.01. The van der Waals surface area contributed by atoms with Gasteiger partial charge in [0.15, 0.2) is 6.04 Å². The summed E-state index contributed by atoms with van der Waals surface area (Å²) in [7, 11) is 0. The van der Waals surface area contributed by atoms with Gasteiger partial charge in [-0.05, 0) is 24.6 Å². The molecule has 5 heteroatoms. The average Bonchev–Trinajstić information content (AvgIpc) is 2.58. The second-order valence-corrected chi connectivity index (χ2v) is 5.15. The third-order valence-corrected chi connectivity index (χ3v) is 3.28. The Labute approximate surface area is 134 Å². The maximum atomic E-state index is 12.1. The minimum Gasteiger partial charge on any atom is -0.459 e. The van der Waals surface area contributed by atoms with Crippen molar-refractivity contribution in [2.45, 2.75) is 25.7 Å². The lowest BCUT2D eigenvalue weighted by Gasteiger charge is -2.20. The molecule has 1 amide bonds. The normalized spacial score (nSPS) is 13.0. The van der Waals surface area contributed by atoms with Gasteiger partial charge < -0.3 is 15.2 Å². The lowest BCUT2D eigenvalue weighted by atomic mass is 10.1. The van der Waals surface area contributed by atoms with E-state index in [0.29, 0.717) is 5.56 Å². The fourth-order valence-corrected chi connectivity index (χ4v) is 2.01. The van der Waals surface area contributed by atoms with Gasteiger partial charge in [-0.1, -0.05) is 48.5 Å². The van der Waals surface area contributed by atoms with Crippen LogP contribution in [0.4, 0.5) is 0 Å². The Hall–Kier alpha value is -2.66. The summed E-state index contributed by atoms with van der Waals surface area (Å²) in [5.74, 6) is -1.11. The van der Waals surface area contributed by atoms with Crippen molar-refractivity contribution in [3.05, 3.63) is 71.8 Å². The predicted molar refractivity (Wildman–Crippen MR) is 85.6 cm³/mol. The number of hydrogen-bond donors (Lipinski definition) is 2. The predicted octanol–water partition coefficient (Wildman–Crippen LogP) is 1.91. The van der Waals surface area contributed by atoms with Gasteiger partial charge in [0.25, 0.3) is 5.91 Å². The highest BCUT2D eigenvalue weighted by Gasteiger charge is 2.27. The van der Waals surface area contributed by atoms with Gasteiger partial charge >= 0.3 is 5.97 Å². The number of nitrogens with one attached hydrogen (secondary N) is 1. The van der Waals surface area contributed by atoms with E-state index in [1.165, 1.54) is 6.92 Å². The van der Waals surface area contributed by atoms with Crippen LogP contribution in [0.2, 0.25) is 0 Å². The summed E-state index contributed by atoms with van der Waals surface area (Å²) >= 11 is 0. The lowest BCUT2D eigenvalue weighted by molar-refractivity contribution is -0.150. The van der Waals surface area contributed by atoms with E-state index in [1.807, 2.05) is 30.3 Å². The van der Waals surface area contributed by atoms with E-state index >= 15 is 0 Å². The molecule has 0 spiro atoms. The fraction of sp³-hybridized carbons (Fsp3) is 0.222. The topological polar surface area (TPSA) is 75.6 Å². The molecule has 0 aliphatic heterocycles. The van der Waals surface area contributed by atoms with Crippen molar-refractivity contribution >= 4 is 11.9 Å². The Balaban J connectivity index is 1.97. The number of aliphatic hydroxyl groups excluding tert-OH is 1. The largest absolute Gasteiger partial charge is 0.459 e. The SMILES string of the molecule is CC(O)C(NC(=O)c1ccccc1)C(=O)OCc1ccccc1. The minimum atomic E-state index is -1.12. The van der Waals surface area contributed by atoms with Crippen LogP contribution in [0.5, 0.6) is 0 Å². The Morgan fingerprint density at radius 1 is 1.04 bits per heavy atom. The molecule has 0 aromatic heterocycles. The average molecular weight is 313 g/mol. The molecule has 0 radical (unpaired) electrons. The highest BCUT2D eigenvalue weighted by Crippen LogP contribution is 2.06. The number of benzene rings is 2. The van der Waals surface area contributed by atoms with Gasteiger partial charge in [0, 0.05) is 5.56 Å². The molecule has 0 saturated carbocycles. The minimum absolute atomic E-state index is 0.0874. The van der Waals surface area contributed by atoms with Crippen molar-refractivity contribution in [1.82, 2.24) is 5.32 Å². The molecule has 2 N–H and O–H groups in total. The van der Waals surface area contributed by atoms with E-state index < -0.39 is 24.0 Å². The van der Waals surface area contributed by atoms with E-state index in [9.17, 15) is 14.7 Å². The summed E-state index contributed by atoms with van der Waals surface area (Å²) in [5, 5.41) is 12.3. The molecular formula is C18H19NO4. The highest BCUT2D eigenvalue weighted by molar-refractivity contribution is 5.96. The quantitative estimate of drug-likeness (QED) is 0.799. The number of esters is 1. The Kier molecular flexibility index (Phi) is 5.88. The summed E-state index contributed by atoms with van der Waals surface area (Å²) in [6.45, 7) is 1.52. The molecule has 120 valence electrons. The number of ether oxygens (including phenoxy) is 1. The molecule has 2 aromatic carbocycles. The zero-order valence-corrected chi connectivity index (χ0v) is 12.8. The van der Waals surface area contributed by atoms with Crippen LogP contribution in [-0.2, 0) is 16.1 Å². The first-order valence-corrected chi connectivity index (χ1v) is 7.32. The van der Waals surface area contributed by atoms with E-state index in [4.69, 9.17) is 4.74 Å². The van der Waals surface area contributed by atoms with Crippen LogP contribution in [0, 0.1) is 0 Å². The van der Waals surface area contributed by atoms with Crippen molar-refractivity contribution in [3.63, 3.8) is 0 Å². The summed E-state index contributed by atoms with van der Waals surface area (Å²) in [4.78, 5) is 24.2. The van der Waals surface area contributed by atoms with Gasteiger partial charge in [0.05, 0.1) is 6.10 Å². The molecule has 0 fully saturated rings. The maximum absolute atomic E-state index is 12.1. The summed E-state index contributed by atoms with van der Waals surface area (Å²) in [5.41, 5.74) is 1.24. The van der Waals surface area contributed by atoms with Crippen LogP contribution >= 0.6 is 0 Å². The monoisotopic (exact) mass is 313 g/mol. The van der Waals surface area contributed by atoms with Crippen LogP contribution in [-0.4, -0.2) is 29.1 Å². The second-order valence-electron chi connectivity index (χ2n) is 5.15. The zero-order chi connectivity index (χ0) is 16.7. The Morgan fingerprint density at radius 3 is 2.17 bits per heavy atom. The van der Waals surface area contributed by atoms with Gasteiger partial charge in [-0.15, -0.1) is 0 Å². The van der Waals surface area contributed by atoms with E-state index in [-0.39, 0.29) is 6.61 Å². The standard InChI is InChI=1S/C18H19NO4/c1-13(20)16(19-17(21)15-10-6-3-7-11-15)18(22)23-12-14-8-4-2-5-9-14/h2-11,13,16,20H,12H2,1H3,(H,19,21). The first-order chi connectivity index (χ1) is 11.1. The van der Waals surface area contributed by atoms with Crippen molar-refractivity contribution < 1.29 is 19.4 Å². The third kappa shape index (κ3) is 4.93. The first-order valence-electron chi connectivity index (χ1n) is 7.32. The van der Waals surface area contributed by atoms with Gasteiger partial charge in [-0.25, -0.2) is 4.79 Å². The molecule has 0 heterocycles. The summed E-state index contributed by atoms with van der Waals surface area (Å²) in [6.07, 6.45) is -1.06. The third-order valence-electron chi connectivity index (χ3n) is 3.28. The summed E-state index contributed by atoms with van der Waals surface area (Å²) in [6, 6.07) is 16.6. The first kappa shape index (κ1) is 16.7. The van der Waals surface area contributed by atoms with Gasteiger partial charge in [-0.3, -0.25) is 4.79 Å². The lowest BCUT2D eigenvalue weighted by Crippen LogP contribution is -2.48. The Bertz CT molecular complexity index is 641. The van der Waals surface area contributed by atoms with Crippen molar-refractivity contribution in [2.24, 2.45) is 0 Å². The molecule has 2 aromatic rings. The molecule has 2 atom stereocenters.